The first-order valence-corrected chi connectivity index (χ1v) is 13.1. The Labute approximate surface area is 218 Å². The second-order valence-electron chi connectivity index (χ2n) is 9.87. The minimum absolute atomic E-state index is 0.198. The number of rotatable bonds is 9. The molecular weight excluding hydrogens is 460 g/mol. The number of nitrogens with one attached hydrogen (secondary N) is 3. The zero-order valence-corrected chi connectivity index (χ0v) is 21.3. The van der Waals surface area contributed by atoms with Gasteiger partial charge in [0, 0.05) is 43.5 Å². The minimum Gasteiger partial charge on any atom is -0.361 e. The van der Waals surface area contributed by atoms with Crippen molar-refractivity contribution in [3.8, 4) is 11.1 Å². The van der Waals surface area contributed by atoms with Crippen molar-refractivity contribution in [3.63, 3.8) is 0 Å². The lowest BCUT2D eigenvalue weighted by Crippen LogP contribution is -2.47. The Morgan fingerprint density at radius 2 is 1.65 bits per heavy atom. The molecule has 1 saturated heterocycles. The number of aromatic nitrogens is 1. The van der Waals surface area contributed by atoms with E-state index in [1.807, 2.05) is 48.7 Å². The number of para-hydroxylation sites is 1. The largest absolute Gasteiger partial charge is 0.361 e. The molecule has 0 aliphatic carbocycles. The first-order valence-electron chi connectivity index (χ1n) is 13.1. The third-order valence-corrected chi connectivity index (χ3v) is 7.13. The summed E-state index contributed by atoms with van der Waals surface area (Å²) in [5.41, 5.74) is 6.61. The zero-order chi connectivity index (χ0) is 25.6. The molecule has 0 saturated carbocycles. The van der Waals surface area contributed by atoms with Gasteiger partial charge in [0.2, 0.25) is 11.8 Å². The molecule has 1 aromatic heterocycles. The number of hydrogen-bond acceptors (Lipinski definition) is 3. The molecule has 6 heteroatoms. The number of benzene rings is 3. The summed E-state index contributed by atoms with van der Waals surface area (Å²) in [5, 5.41) is 6.96. The summed E-state index contributed by atoms with van der Waals surface area (Å²) < 4.78 is 0. The van der Waals surface area contributed by atoms with Gasteiger partial charge in [-0.1, -0.05) is 66.7 Å². The van der Waals surface area contributed by atoms with E-state index in [9.17, 15) is 9.59 Å². The molecule has 3 aromatic carbocycles. The predicted molar refractivity (Wildman–Crippen MR) is 148 cm³/mol. The van der Waals surface area contributed by atoms with Crippen LogP contribution in [-0.4, -0.2) is 40.8 Å². The average Bonchev–Trinajstić information content (AvgIpc) is 3.57. The molecule has 0 radical (unpaired) electrons. The Balaban J connectivity index is 1.27. The fourth-order valence-corrected chi connectivity index (χ4v) is 5.23. The molecule has 4 aromatic rings. The number of amides is 2. The van der Waals surface area contributed by atoms with Gasteiger partial charge in [-0.3, -0.25) is 14.5 Å². The van der Waals surface area contributed by atoms with Gasteiger partial charge >= 0.3 is 0 Å². The SMILES string of the molecule is CC(=O)NC(Cc1c[nH]c2ccccc12)C(=O)NCc1ccccc1-c1ccc(CN2CCCC2)cc1. The monoisotopic (exact) mass is 494 g/mol. The van der Waals surface area contributed by atoms with Crippen LogP contribution in [0.15, 0.2) is 79.0 Å². The average molecular weight is 495 g/mol. The van der Waals surface area contributed by atoms with Gasteiger partial charge in [-0.2, -0.15) is 0 Å². The summed E-state index contributed by atoms with van der Waals surface area (Å²) in [6.45, 7) is 5.19. The Bertz CT molecular complexity index is 1370. The first-order chi connectivity index (χ1) is 18.1. The first kappa shape index (κ1) is 24.8. The molecule has 2 heterocycles. The van der Waals surface area contributed by atoms with Crippen molar-refractivity contribution in [2.75, 3.05) is 13.1 Å². The standard InChI is InChI=1S/C31H34N4O2/c1-22(36)34-30(18-26-20-32-29-11-5-4-10-28(26)29)31(37)33-19-25-8-2-3-9-27(25)24-14-12-23(13-15-24)21-35-16-6-7-17-35/h2-5,8-15,20,30,32H,6-7,16-19,21H2,1H3,(H,33,37)(H,34,36). The second kappa shape index (κ2) is 11.4. The molecule has 1 fully saturated rings. The molecule has 37 heavy (non-hydrogen) atoms. The predicted octanol–water partition coefficient (Wildman–Crippen LogP) is 4.79. The van der Waals surface area contributed by atoms with Gasteiger partial charge in [-0.05, 0) is 59.8 Å². The third-order valence-electron chi connectivity index (χ3n) is 7.13. The van der Waals surface area contributed by atoms with Crippen molar-refractivity contribution in [2.24, 2.45) is 0 Å². The van der Waals surface area contributed by atoms with E-state index in [-0.39, 0.29) is 11.8 Å². The van der Waals surface area contributed by atoms with Gasteiger partial charge in [0.25, 0.3) is 0 Å². The zero-order valence-electron chi connectivity index (χ0n) is 21.3. The van der Waals surface area contributed by atoms with Gasteiger partial charge < -0.3 is 15.6 Å². The Morgan fingerprint density at radius 1 is 0.919 bits per heavy atom. The lowest BCUT2D eigenvalue weighted by Gasteiger charge is -2.19. The number of carbonyl (C=O) groups excluding carboxylic acids is 2. The Hall–Kier alpha value is -3.90. The molecule has 3 N–H and O–H groups in total. The molecule has 1 atom stereocenters. The van der Waals surface area contributed by atoms with Crippen molar-refractivity contribution in [1.82, 2.24) is 20.5 Å². The van der Waals surface area contributed by atoms with Crippen LogP contribution in [-0.2, 0) is 29.1 Å². The molecule has 190 valence electrons. The Kier molecular flexibility index (Phi) is 7.66. The van der Waals surface area contributed by atoms with Crippen molar-refractivity contribution in [2.45, 2.75) is 45.3 Å². The van der Waals surface area contributed by atoms with Crippen LogP contribution in [0, 0.1) is 0 Å². The molecule has 0 bridgehead atoms. The van der Waals surface area contributed by atoms with E-state index in [1.54, 1.807) is 0 Å². The van der Waals surface area contributed by atoms with Crippen LogP contribution >= 0.6 is 0 Å². The maximum absolute atomic E-state index is 13.2. The lowest BCUT2D eigenvalue weighted by molar-refractivity contribution is -0.128. The van der Waals surface area contributed by atoms with E-state index in [2.05, 4.69) is 50.8 Å². The van der Waals surface area contributed by atoms with Crippen molar-refractivity contribution >= 4 is 22.7 Å². The molecule has 1 aliphatic rings. The summed E-state index contributed by atoms with van der Waals surface area (Å²) in [6, 6.07) is 24.2. The van der Waals surface area contributed by atoms with Gasteiger partial charge in [0.15, 0.2) is 0 Å². The number of nitrogens with zero attached hydrogens (tertiary/aromatic N) is 1. The second-order valence-corrected chi connectivity index (χ2v) is 9.87. The fourth-order valence-electron chi connectivity index (χ4n) is 5.23. The highest BCUT2D eigenvalue weighted by Crippen LogP contribution is 2.25. The molecule has 1 aliphatic heterocycles. The van der Waals surface area contributed by atoms with Crippen LogP contribution in [0.1, 0.15) is 36.5 Å². The van der Waals surface area contributed by atoms with Crippen LogP contribution in [0.3, 0.4) is 0 Å². The minimum atomic E-state index is -0.659. The lowest BCUT2D eigenvalue weighted by atomic mass is 9.98. The smallest absolute Gasteiger partial charge is 0.243 e. The number of aromatic amines is 1. The van der Waals surface area contributed by atoms with Gasteiger partial charge in [-0.25, -0.2) is 0 Å². The maximum atomic E-state index is 13.2. The number of hydrogen-bond donors (Lipinski definition) is 3. The number of carbonyl (C=O) groups is 2. The normalized spacial score (nSPS) is 14.5. The van der Waals surface area contributed by atoms with Gasteiger partial charge in [0.1, 0.15) is 6.04 Å². The molecule has 5 rings (SSSR count). The summed E-state index contributed by atoms with van der Waals surface area (Å²) in [5.74, 6) is -0.425. The van der Waals surface area contributed by atoms with Crippen LogP contribution in [0.25, 0.3) is 22.0 Å². The van der Waals surface area contributed by atoms with Crippen LogP contribution in [0.4, 0.5) is 0 Å². The highest BCUT2D eigenvalue weighted by atomic mass is 16.2. The van der Waals surface area contributed by atoms with Gasteiger partial charge in [0.05, 0.1) is 0 Å². The van der Waals surface area contributed by atoms with E-state index < -0.39 is 6.04 Å². The summed E-state index contributed by atoms with van der Waals surface area (Å²) >= 11 is 0. The fraction of sp³-hybridized carbons (Fsp3) is 0.290. The number of fused-ring (bicyclic) bond motifs is 1. The van der Waals surface area contributed by atoms with E-state index in [0.29, 0.717) is 13.0 Å². The van der Waals surface area contributed by atoms with Crippen molar-refractivity contribution < 1.29 is 9.59 Å². The van der Waals surface area contributed by atoms with Crippen molar-refractivity contribution in [3.05, 3.63) is 95.7 Å². The quantitative estimate of drug-likeness (QED) is 0.313. The van der Waals surface area contributed by atoms with E-state index >= 15 is 0 Å². The van der Waals surface area contributed by atoms with Crippen LogP contribution in [0.2, 0.25) is 0 Å². The molecule has 1 unspecified atom stereocenters. The maximum Gasteiger partial charge on any atom is 0.243 e. The highest BCUT2D eigenvalue weighted by Gasteiger charge is 2.22. The topological polar surface area (TPSA) is 77.2 Å². The van der Waals surface area contributed by atoms with Crippen LogP contribution in [0.5, 0.6) is 0 Å². The van der Waals surface area contributed by atoms with Crippen molar-refractivity contribution in [1.29, 1.82) is 0 Å². The Morgan fingerprint density at radius 3 is 2.43 bits per heavy atom. The summed E-state index contributed by atoms with van der Waals surface area (Å²) in [6.07, 6.45) is 4.91. The number of H-pyrrole nitrogens is 1. The summed E-state index contributed by atoms with van der Waals surface area (Å²) in [7, 11) is 0. The highest BCUT2D eigenvalue weighted by molar-refractivity contribution is 5.89. The summed E-state index contributed by atoms with van der Waals surface area (Å²) in [4.78, 5) is 30.9. The van der Waals surface area contributed by atoms with Crippen LogP contribution < -0.4 is 10.6 Å². The van der Waals surface area contributed by atoms with E-state index in [0.717, 1.165) is 39.7 Å². The molecule has 6 nitrogen and oxygen atoms in total. The van der Waals surface area contributed by atoms with Gasteiger partial charge in [-0.15, -0.1) is 0 Å². The molecule has 2 amide bonds. The van der Waals surface area contributed by atoms with E-state index in [1.165, 1.54) is 38.4 Å². The molecule has 0 spiro atoms. The third kappa shape index (κ3) is 6.09. The number of likely N-dealkylation sites (tertiary alicyclic amines) is 1. The molecular formula is C31H34N4O2. The van der Waals surface area contributed by atoms with E-state index in [4.69, 9.17) is 0 Å².